The predicted octanol–water partition coefficient (Wildman–Crippen LogP) is 6.03. The average molecular weight is 359 g/mol. The molecule has 0 heterocycles. The van der Waals surface area contributed by atoms with E-state index in [1.807, 2.05) is 11.8 Å². The molecule has 136 valence electrons. The van der Waals surface area contributed by atoms with Gasteiger partial charge in [-0.1, -0.05) is 30.4 Å². The Balaban J connectivity index is 1.43. The van der Waals surface area contributed by atoms with Gasteiger partial charge in [-0.25, -0.2) is 0 Å². The normalized spacial score (nSPS) is 28.0. The highest BCUT2D eigenvalue weighted by atomic mass is 32.2. The fourth-order valence-electron chi connectivity index (χ4n) is 4.92. The third kappa shape index (κ3) is 5.37. The number of aliphatic carboxylic acids is 1. The summed E-state index contributed by atoms with van der Waals surface area (Å²) in [5.41, 5.74) is 0. The van der Waals surface area contributed by atoms with Gasteiger partial charge in [0.15, 0.2) is 0 Å². The third-order valence-corrected chi connectivity index (χ3v) is 7.12. The molecular weight excluding hydrogens is 328 g/mol. The SMILES string of the molecule is O=C(O)CCCC=CC[C@H]1[C@H]2CC[C@H](C2)[C@H]1CCSc1ccccc1. The van der Waals surface area contributed by atoms with Gasteiger partial charge in [-0.2, -0.15) is 0 Å². The van der Waals surface area contributed by atoms with Gasteiger partial charge in [0.2, 0.25) is 0 Å². The van der Waals surface area contributed by atoms with Gasteiger partial charge in [-0.3, -0.25) is 4.79 Å². The molecule has 2 aliphatic carbocycles. The first kappa shape index (κ1) is 18.6. The van der Waals surface area contributed by atoms with Crippen LogP contribution >= 0.6 is 11.8 Å². The van der Waals surface area contributed by atoms with Gasteiger partial charge in [0.05, 0.1) is 0 Å². The van der Waals surface area contributed by atoms with Crippen LogP contribution in [0.1, 0.15) is 51.4 Å². The molecule has 1 aromatic carbocycles. The van der Waals surface area contributed by atoms with Crippen LogP contribution < -0.4 is 0 Å². The first-order valence-electron chi connectivity index (χ1n) is 9.78. The summed E-state index contributed by atoms with van der Waals surface area (Å²) in [5, 5.41) is 8.69. The Bertz CT molecular complexity index is 569. The lowest BCUT2D eigenvalue weighted by Gasteiger charge is -2.30. The van der Waals surface area contributed by atoms with E-state index >= 15 is 0 Å². The van der Waals surface area contributed by atoms with E-state index < -0.39 is 5.97 Å². The second-order valence-electron chi connectivity index (χ2n) is 7.60. The second-order valence-corrected chi connectivity index (χ2v) is 8.77. The predicted molar refractivity (Wildman–Crippen MR) is 105 cm³/mol. The van der Waals surface area contributed by atoms with Crippen LogP contribution in [0.15, 0.2) is 47.4 Å². The molecule has 0 radical (unpaired) electrons. The van der Waals surface area contributed by atoms with Gasteiger partial charge in [0.25, 0.3) is 0 Å². The van der Waals surface area contributed by atoms with Crippen LogP contribution in [-0.4, -0.2) is 16.8 Å². The number of hydrogen-bond acceptors (Lipinski definition) is 2. The zero-order valence-electron chi connectivity index (χ0n) is 15.0. The molecule has 0 saturated heterocycles. The zero-order valence-corrected chi connectivity index (χ0v) is 15.8. The molecule has 3 rings (SSSR count). The van der Waals surface area contributed by atoms with E-state index in [-0.39, 0.29) is 6.42 Å². The summed E-state index contributed by atoms with van der Waals surface area (Å²) in [6.07, 6.45) is 13.4. The van der Waals surface area contributed by atoms with Crippen LogP contribution in [-0.2, 0) is 4.79 Å². The Morgan fingerprint density at radius 2 is 1.88 bits per heavy atom. The first-order valence-corrected chi connectivity index (χ1v) is 10.8. The first-order chi connectivity index (χ1) is 12.2. The summed E-state index contributed by atoms with van der Waals surface area (Å²) < 4.78 is 0. The molecule has 2 saturated carbocycles. The van der Waals surface area contributed by atoms with Gasteiger partial charge < -0.3 is 5.11 Å². The quantitative estimate of drug-likeness (QED) is 0.315. The van der Waals surface area contributed by atoms with Crippen LogP contribution in [0.5, 0.6) is 0 Å². The average Bonchev–Trinajstić information content (AvgIpc) is 3.21. The molecule has 2 aliphatic rings. The molecule has 1 aromatic rings. The maximum absolute atomic E-state index is 10.5. The monoisotopic (exact) mass is 358 g/mol. The Kier molecular flexibility index (Phi) is 7.03. The molecule has 0 aliphatic heterocycles. The molecule has 2 bridgehead atoms. The smallest absolute Gasteiger partial charge is 0.303 e. The Hall–Kier alpha value is -1.22. The van der Waals surface area contributed by atoms with E-state index in [1.165, 1.54) is 42.8 Å². The maximum atomic E-state index is 10.5. The number of carboxylic acid groups (broad SMARTS) is 1. The van der Waals surface area contributed by atoms with Crippen molar-refractivity contribution < 1.29 is 9.90 Å². The summed E-state index contributed by atoms with van der Waals surface area (Å²) in [5.74, 6) is 4.23. The summed E-state index contributed by atoms with van der Waals surface area (Å²) in [6.45, 7) is 0. The van der Waals surface area contributed by atoms with Gasteiger partial charge in [-0.05, 0) is 86.5 Å². The molecule has 0 spiro atoms. The van der Waals surface area contributed by atoms with Crippen molar-refractivity contribution in [3.63, 3.8) is 0 Å². The topological polar surface area (TPSA) is 37.3 Å². The largest absolute Gasteiger partial charge is 0.481 e. The molecule has 0 aromatic heterocycles. The van der Waals surface area contributed by atoms with Crippen molar-refractivity contribution in [3.05, 3.63) is 42.5 Å². The van der Waals surface area contributed by atoms with Crippen molar-refractivity contribution in [2.24, 2.45) is 23.7 Å². The van der Waals surface area contributed by atoms with Crippen molar-refractivity contribution in [3.8, 4) is 0 Å². The summed E-state index contributed by atoms with van der Waals surface area (Å²) in [4.78, 5) is 11.9. The van der Waals surface area contributed by atoms with Crippen LogP contribution in [0.3, 0.4) is 0 Å². The van der Waals surface area contributed by atoms with Crippen molar-refractivity contribution >= 4 is 17.7 Å². The van der Waals surface area contributed by atoms with E-state index in [4.69, 9.17) is 5.11 Å². The Morgan fingerprint density at radius 1 is 1.12 bits per heavy atom. The van der Waals surface area contributed by atoms with Gasteiger partial charge in [0, 0.05) is 11.3 Å². The Labute approximate surface area is 156 Å². The number of allylic oxidation sites excluding steroid dienone is 2. The molecule has 4 atom stereocenters. The highest BCUT2D eigenvalue weighted by Crippen LogP contribution is 2.55. The van der Waals surface area contributed by atoms with Gasteiger partial charge >= 0.3 is 5.97 Å². The van der Waals surface area contributed by atoms with E-state index in [1.54, 1.807) is 0 Å². The number of fused-ring (bicyclic) bond motifs is 2. The fraction of sp³-hybridized carbons (Fsp3) is 0.591. The minimum Gasteiger partial charge on any atom is -0.481 e. The number of unbranched alkanes of at least 4 members (excludes halogenated alkanes) is 1. The number of carboxylic acids is 1. The molecule has 2 fully saturated rings. The summed E-state index contributed by atoms with van der Waals surface area (Å²) >= 11 is 2.00. The van der Waals surface area contributed by atoms with Crippen LogP contribution in [0, 0.1) is 23.7 Å². The number of rotatable bonds is 10. The second kappa shape index (κ2) is 9.47. The molecule has 2 nitrogen and oxygen atoms in total. The van der Waals surface area contributed by atoms with Crippen molar-refractivity contribution in [2.75, 3.05) is 5.75 Å². The number of carbonyl (C=O) groups is 1. The third-order valence-electron chi connectivity index (χ3n) is 6.07. The lowest BCUT2D eigenvalue weighted by molar-refractivity contribution is -0.137. The standard InChI is InChI=1S/C22H30O2S/c23-22(24)11-7-2-1-6-10-20-17-12-13-18(16-17)21(20)14-15-25-19-8-4-3-5-9-19/h1,3-6,8-9,17-18,20-21H,2,7,10-16H2,(H,23,24)/t17-,18+,20-,21+/m0/s1. The van der Waals surface area contributed by atoms with Gasteiger partial charge in [-0.15, -0.1) is 11.8 Å². The molecular formula is C22H30O2S. The van der Waals surface area contributed by atoms with E-state index in [0.29, 0.717) is 0 Å². The highest BCUT2D eigenvalue weighted by Gasteiger charge is 2.46. The molecule has 3 heteroatoms. The van der Waals surface area contributed by atoms with Crippen molar-refractivity contribution in [2.45, 2.75) is 56.3 Å². The number of benzene rings is 1. The Morgan fingerprint density at radius 3 is 2.64 bits per heavy atom. The molecule has 1 N–H and O–H groups in total. The highest BCUT2D eigenvalue weighted by molar-refractivity contribution is 7.99. The lowest BCUT2D eigenvalue weighted by atomic mass is 9.76. The molecule has 25 heavy (non-hydrogen) atoms. The van der Waals surface area contributed by atoms with Crippen molar-refractivity contribution in [1.82, 2.24) is 0 Å². The van der Waals surface area contributed by atoms with E-state index in [9.17, 15) is 4.79 Å². The molecule has 0 unspecified atom stereocenters. The van der Waals surface area contributed by atoms with Crippen LogP contribution in [0.2, 0.25) is 0 Å². The summed E-state index contributed by atoms with van der Waals surface area (Å²) in [7, 11) is 0. The minimum absolute atomic E-state index is 0.289. The van der Waals surface area contributed by atoms with Gasteiger partial charge in [0.1, 0.15) is 0 Å². The lowest BCUT2D eigenvalue weighted by Crippen LogP contribution is -2.22. The van der Waals surface area contributed by atoms with Crippen LogP contribution in [0.4, 0.5) is 0 Å². The minimum atomic E-state index is -0.683. The van der Waals surface area contributed by atoms with Crippen molar-refractivity contribution in [1.29, 1.82) is 0 Å². The fourth-order valence-corrected chi connectivity index (χ4v) is 5.89. The number of thioether (sulfide) groups is 1. The van der Waals surface area contributed by atoms with Crippen LogP contribution in [0.25, 0.3) is 0 Å². The maximum Gasteiger partial charge on any atom is 0.303 e. The number of hydrogen-bond donors (Lipinski definition) is 1. The summed E-state index contributed by atoms with van der Waals surface area (Å²) in [6, 6.07) is 10.8. The molecule has 0 amide bonds. The van der Waals surface area contributed by atoms with E-state index in [2.05, 4.69) is 42.5 Å². The zero-order chi connectivity index (χ0) is 17.5. The van der Waals surface area contributed by atoms with E-state index in [0.717, 1.165) is 36.5 Å².